The summed E-state index contributed by atoms with van der Waals surface area (Å²) in [6, 6.07) is 1.16. The number of carbonyl (C=O) groups is 1. The van der Waals surface area contributed by atoms with E-state index in [9.17, 15) is 9.90 Å². The number of nitrogens with zero attached hydrogens (tertiary/aromatic N) is 1. The third-order valence-corrected chi connectivity index (χ3v) is 4.63. The van der Waals surface area contributed by atoms with Gasteiger partial charge in [0.2, 0.25) is 0 Å². The Bertz CT molecular complexity index is 317. The Morgan fingerprint density at radius 2 is 2.11 bits per heavy atom. The Morgan fingerprint density at radius 3 is 2.63 bits per heavy atom. The van der Waals surface area contributed by atoms with E-state index < -0.39 is 11.5 Å². The molecule has 0 aromatic rings. The molecule has 4 nitrogen and oxygen atoms in total. The van der Waals surface area contributed by atoms with Gasteiger partial charge in [0, 0.05) is 12.1 Å². The number of carboxylic acids is 1. The molecule has 0 aromatic heterocycles. The van der Waals surface area contributed by atoms with Gasteiger partial charge in [-0.05, 0) is 71.9 Å². The SMILES string of the molecule is CC1CCCN1CCCCC(C)(NC1CC1)C(=O)O. The monoisotopic (exact) mass is 268 g/mol. The quantitative estimate of drug-likeness (QED) is 0.663. The second kappa shape index (κ2) is 6.23. The van der Waals surface area contributed by atoms with Crippen LogP contribution in [-0.4, -0.2) is 46.7 Å². The summed E-state index contributed by atoms with van der Waals surface area (Å²) in [6.07, 6.45) is 7.74. The van der Waals surface area contributed by atoms with E-state index in [1.54, 1.807) is 0 Å². The summed E-state index contributed by atoms with van der Waals surface area (Å²) in [7, 11) is 0. The van der Waals surface area contributed by atoms with Gasteiger partial charge in [0.05, 0.1) is 0 Å². The summed E-state index contributed by atoms with van der Waals surface area (Å²) in [4.78, 5) is 13.9. The number of nitrogens with one attached hydrogen (secondary N) is 1. The lowest BCUT2D eigenvalue weighted by atomic mass is 9.94. The lowest BCUT2D eigenvalue weighted by Gasteiger charge is -2.27. The molecule has 1 aliphatic carbocycles. The van der Waals surface area contributed by atoms with Gasteiger partial charge in [0.15, 0.2) is 0 Å². The van der Waals surface area contributed by atoms with Crippen molar-refractivity contribution in [2.75, 3.05) is 13.1 Å². The number of rotatable bonds is 8. The molecule has 2 N–H and O–H groups in total. The fraction of sp³-hybridized carbons (Fsp3) is 0.933. The van der Waals surface area contributed by atoms with Gasteiger partial charge in [-0.25, -0.2) is 0 Å². The van der Waals surface area contributed by atoms with E-state index in [1.807, 2.05) is 6.92 Å². The largest absolute Gasteiger partial charge is 0.480 e. The minimum atomic E-state index is -0.724. The minimum absolute atomic E-state index is 0.444. The Balaban J connectivity index is 1.68. The van der Waals surface area contributed by atoms with Gasteiger partial charge in [0.1, 0.15) is 5.54 Å². The van der Waals surface area contributed by atoms with Gasteiger partial charge in [-0.1, -0.05) is 0 Å². The van der Waals surface area contributed by atoms with E-state index >= 15 is 0 Å². The van der Waals surface area contributed by atoms with Crippen LogP contribution in [0.4, 0.5) is 0 Å². The molecule has 0 radical (unpaired) electrons. The molecule has 0 amide bonds. The third kappa shape index (κ3) is 4.18. The lowest BCUT2D eigenvalue weighted by molar-refractivity contribution is -0.144. The van der Waals surface area contributed by atoms with Crippen molar-refractivity contribution < 1.29 is 9.90 Å². The summed E-state index contributed by atoms with van der Waals surface area (Å²) in [6.45, 7) is 6.48. The highest BCUT2D eigenvalue weighted by Gasteiger charge is 2.37. The summed E-state index contributed by atoms with van der Waals surface area (Å²) < 4.78 is 0. The zero-order valence-electron chi connectivity index (χ0n) is 12.3. The zero-order chi connectivity index (χ0) is 13.9. The predicted octanol–water partition coefficient (Wildman–Crippen LogP) is 2.24. The highest BCUT2D eigenvalue weighted by molar-refractivity contribution is 5.78. The van der Waals surface area contributed by atoms with Gasteiger partial charge in [-0.15, -0.1) is 0 Å². The zero-order valence-corrected chi connectivity index (χ0v) is 12.3. The van der Waals surface area contributed by atoms with Crippen LogP contribution in [0, 0.1) is 0 Å². The van der Waals surface area contributed by atoms with Gasteiger partial charge in [-0.2, -0.15) is 0 Å². The molecule has 1 aliphatic heterocycles. The van der Waals surface area contributed by atoms with Crippen molar-refractivity contribution in [1.82, 2.24) is 10.2 Å². The Kier molecular flexibility index (Phi) is 4.85. The summed E-state index contributed by atoms with van der Waals surface area (Å²) in [5, 5.41) is 12.7. The second-order valence-corrected chi connectivity index (χ2v) is 6.54. The van der Waals surface area contributed by atoms with E-state index in [4.69, 9.17) is 0 Å². The van der Waals surface area contributed by atoms with Gasteiger partial charge >= 0.3 is 5.97 Å². The number of aliphatic carboxylic acids is 1. The summed E-state index contributed by atoms with van der Waals surface area (Å²) in [5.74, 6) is -0.700. The fourth-order valence-corrected chi connectivity index (χ4v) is 3.04. The van der Waals surface area contributed by atoms with Crippen molar-refractivity contribution in [3.8, 4) is 0 Å². The molecule has 1 saturated heterocycles. The molecular formula is C15H28N2O2. The topological polar surface area (TPSA) is 52.6 Å². The van der Waals surface area contributed by atoms with Crippen molar-refractivity contribution in [2.24, 2.45) is 0 Å². The number of likely N-dealkylation sites (tertiary alicyclic amines) is 1. The molecule has 4 heteroatoms. The van der Waals surface area contributed by atoms with E-state index in [2.05, 4.69) is 17.1 Å². The average molecular weight is 268 g/mol. The van der Waals surface area contributed by atoms with Crippen LogP contribution in [0.5, 0.6) is 0 Å². The van der Waals surface area contributed by atoms with Gasteiger partial charge < -0.3 is 10.0 Å². The molecule has 2 atom stereocenters. The summed E-state index contributed by atoms with van der Waals surface area (Å²) >= 11 is 0. The summed E-state index contributed by atoms with van der Waals surface area (Å²) in [5.41, 5.74) is -0.724. The van der Waals surface area contributed by atoms with E-state index in [1.165, 1.54) is 19.4 Å². The molecule has 110 valence electrons. The number of hydrogen-bond acceptors (Lipinski definition) is 3. The van der Waals surface area contributed by atoms with Crippen molar-refractivity contribution >= 4 is 5.97 Å². The van der Waals surface area contributed by atoms with Crippen LogP contribution in [0.25, 0.3) is 0 Å². The Hall–Kier alpha value is -0.610. The van der Waals surface area contributed by atoms with Gasteiger partial charge in [0.25, 0.3) is 0 Å². The molecular weight excluding hydrogens is 240 g/mol. The highest BCUT2D eigenvalue weighted by atomic mass is 16.4. The Labute approximate surface area is 116 Å². The molecule has 1 heterocycles. The van der Waals surface area contributed by atoms with Crippen LogP contribution in [0.15, 0.2) is 0 Å². The minimum Gasteiger partial charge on any atom is -0.480 e. The normalized spacial score (nSPS) is 27.4. The van der Waals surface area contributed by atoms with Crippen molar-refractivity contribution in [3.63, 3.8) is 0 Å². The first-order chi connectivity index (χ1) is 9.01. The maximum Gasteiger partial charge on any atom is 0.323 e. The molecule has 1 saturated carbocycles. The lowest BCUT2D eigenvalue weighted by Crippen LogP contribution is -2.50. The molecule has 0 bridgehead atoms. The first-order valence-corrected chi connectivity index (χ1v) is 7.76. The first-order valence-electron chi connectivity index (χ1n) is 7.76. The third-order valence-electron chi connectivity index (χ3n) is 4.63. The van der Waals surface area contributed by atoms with E-state index in [-0.39, 0.29) is 0 Å². The number of unbranched alkanes of at least 4 members (excludes halogenated alkanes) is 1. The maximum absolute atomic E-state index is 11.4. The van der Waals surface area contributed by atoms with Crippen LogP contribution in [0.3, 0.4) is 0 Å². The van der Waals surface area contributed by atoms with Crippen molar-refractivity contribution in [2.45, 2.75) is 76.4 Å². The predicted molar refractivity (Wildman–Crippen MR) is 76.3 cm³/mol. The van der Waals surface area contributed by atoms with E-state index in [0.29, 0.717) is 6.04 Å². The smallest absolute Gasteiger partial charge is 0.323 e. The van der Waals surface area contributed by atoms with Crippen molar-refractivity contribution in [3.05, 3.63) is 0 Å². The second-order valence-electron chi connectivity index (χ2n) is 6.54. The molecule has 19 heavy (non-hydrogen) atoms. The van der Waals surface area contributed by atoms with E-state index in [0.717, 1.165) is 44.7 Å². The van der Waals surface area contributed by atoms with Crippen LogP contribution >= 0.6 is 0 Å². The average Bonchev–Trinajstić information content (AvgIpc) is 3.06. The fourth-order valence-electron chi connectivity index (χ4n) is 3.04. The highest BCUT2D eigenvalue weighted by Crippen LogP contribution is 2.25. The maximum atomic E-state index is 11.4. The molecule has 0 aromatic carbocycles. The number of hydrogen-bond donors (Lipinski definition) is 2. The van der Waals surface area contributed by atoms with Crippen LogP contribution in [0.2, 0.25) is 0 Å². The standard InChI is InChI=1S/C15H28N2O2/c1-12-6-5-11-17(12)10-4-3-9-15(2,14(18)19)16-13-7-8-13/h12-13,16H,3-11H2,1-2H3,(H,18,19). The molecule has 2 fully saturated rings. The number of carboxylic acid groups (broad SMARTS) is 1. The first kappa shape index (κ1) is 14.8. The van der Waals surface area contributed by atoms with Crippen LogP contribution in [-0.2, 0) is 4.79 Å². The molecule has 0 spiro atoms. The molecule has 2 aliphatic rings. The van der Waals surface area contributed by atoms with Crippen LogP contribution < -0.4 is 5.32 Å². The Morgan fingerprint density at radius 1 is 1.37 bits per heavy atom. The van der Waals surface area contributed by atoms with Crippen molar-refractivity contribution in [1.29, 1.82) is 0 Å². The molecule has 2 unspecified atom stereocenters. The van der Waals surface area contributed by atoms with Crippen LogP contribution in [0.1, 0.15) is 58.8 Å². The molecule has 2 rings (SSSR count). The van der Waals surface area contributed by atoms with Gasteiger partial charge in [-0.3, -0.25) is 10.1 Å².